The van der Waals surface area contributed by atoms with Crippen molar-refractivity contribution in [1.29, 1.82) is 5.26 Å². The number of carbonyl (C=O) groups excluding carboxylic acids is 1. The van der Waals surface area contributed by atoms with Crippen LogP contribution in [0.1, 0.15) is 39.5 Å². The van der Waals surface area contributed by atoms with E-state index in [0.717, 1.165) is 18.6 Å². The number of hydrogen-bond acceptors (Lipinski definition) is 3. The maximum absolute atomic E-state index is 11.9. The zero-order valence-corrected chi connectivity index (χ0v) is 10.2. The van der Waals surface area contributed by atoms with E-state index in [1.807, 2.05) is 13.8 Å². The van der Waals surface area contributed by atoms with Crippen LogP contribution in [-0.4, -0.2) is 22.4 Å². The Kier molecular flexibility index (Phi) is 4.46. The Balaban J connectivity index is 2.58. The molecule has 1 N–H and O–H groups in total. The second-order valence-corrected chi connectivity index (χ2v) is 5.20. The quantitative estimate of drug-likeness (QED) is 0.798. The van der Waals surface area contributed by atoms with Gasteiger partial charge in [0.2, 0.25) is 5.91 Å². The molecule has 0 spiro atoms. The zero-order chi connectivity index (χ0) is 11.3. The Morgan fingerprint density at radius 3 is 2.67 bits per heavy atom. The molecule has 84 valence electrons. The molecule has 3 nitrogen and oxygen atoms in total. The van der Waals surface area contributed by atoms with Gasteiger partial charge in [0, 0.05) is 0 Å². The summed E-state index contributed by atoms with van der Waals surface area (Å²) in [6.07, 6.45) is 3.40. The average molecular weight is 226 g/mol. The van der Waals surface area contributed by atoms with Crippen LogP contribution in [0.25, 0.3) is 0 Å². The van der Waals surface area contributed by atoms with E-state index in [9.17, 15) is 4.79 Å². The van der Waals surface area contributed by atoms with E-state index in [-0.39, 0.29) is 11.2 Å². The first kappa shape index (κ1) is 12.4. The van der Waals surface area contributed by atoms with E-state index in [1.54, 1.807) is 11.8 Å². The minimum absolute atomic E-state index is 0.0442. The van der Waals surface area contributed by atoms with Crippen molar-refractivity contribution in [1.82, 2.24) is 5.32 Å². The van der Waals surface area contributed by atoms with Crippen LogP contribution < -0.4 is 5.32 Å². The normalized spacial score (nSPS) is 21.0. The number of thioether (sulfide) groups is 1. The fourth-order valence-electron chi connectivity index (χ4n) is 1.71. The summed E-state index contributed by atoms with van der Waals surface area (Å²) >= 11 is 1.70. The second-order valence-electron chi connectivity index (χ2n) is 3.89. The average Bonchev–Trinajstić information content (AvgIpc) is 2.79. The number of nitrogens with zero attached hydrogens (tertiary/aromatic N) is 1. The van der Waals surface area contributed by atoms with Crippen molar-refractivity contribution in [2.45, 2.75) is 50.3 Å². The summed E-state index contributed by atoms with van der Waals surface area (Å²) in [5.74, 6) is 1.11. The monoisotopic (exact) mass is 226 g/mol. The van der Waals surface area contributed by atoms with Crippen molar-refractivity contribution < 1.29 is 4.79 Å². The lowest BCUT2D eigenvalue weighted by molar-refractivity contribution is -0.122. The molecule has 1 aliphatic heterocycles. The van der Waals surface area contributed by atoms with Crippen molar-refractivity contribution in [2.75, 3.05) is 5.75 Å². The molecular formula is C11H18N2OS. The van der Waals surface area contributed by atoms with Gasteiger partial charge in [-0.15, -0.1) is 11.8 Å². The Labute approximate surface area is 95.6 Å². The lowest BCUT2D eigenvalue weighted by Crippen LogP contribution is -2.49. The van der Waals surface area contributed by atoms with Crippen molar-refractivity contribution >= 4 is 17.7 Å². The number of nitriles is 1. The summed E-state index contributed by atoms with van der Waals surface area (Å²) < 4.78 is 0. The van der Waals surface area contributed by atoms with Gasteiger partial charge in [0.05, 0.1) is 11.3 Å². The third kappa shape index (κ3) is 2.88. The lowest BCUT2D eigenvalue weighted by atomic mass is 9.94. The van der Waals surface area contributed by atoms with Gasteiger partial charge in [-0.05, 0) is 31.4 Å². The van der Waals surface area contributed by atoms with Gasteiger partial charge in [0.1, 0.15) is 5.54 Å². The molecule has 1 fully saturated rings. The maximum Gasteiger partial charge on any atom is 0.234 e. The van der Waals surface area contributed by atoms with Gasteiger partial charge < -0.3 is 5.32 Å². The van der Waals surface area contributed by atoms with Gasteiger partial charge in [0.15, 0.2) is 0 Å². The first-order valence-electron chi connectivity index (χ1n) is 5.52. The molecule has 15 heavy (non-hydrogen) atoms. The predicted molar refractivity (Wildman–Crippen MR) is 62.5 cm³/mol. The van der Waals surface area contributed by atoms with E-state index in [0.29, 0.717) is 12.8 Å². The van der Waals surface area contributed by atoms with E-state index >= 15 is 0 Å². The molecule has 0 bridgehead atoms. The van der Waals surface area contributed by atoms with E-state index in [4.69, 9.17) is 5.26 Å². The summed E-state index contributed by atoms with van der Waals surface area (Å²) in [5, 5.41) is 12.1. The fourth-order valence-corrected chi connectivity index (χ4v) is 2.88. The predicted octanol–water partition coefficient (Wildman–Crippen LogP) is 2.08. The SMILES string of the molecule is CCC(C#N)(CC)NC(=O)C1CCCS1. The highest BCUT2D eigenvalue weighted by atomic mass is 32.2. The largest absolute Gasteiger partial charge is 0.337 e. The minimum Gasteiger partial charge on any atom is -0.337 e. The van der Waals surface area contributed by atoms with Crippen molar-refractivity contribution in [3.63, 3.8) is 0 Å². The standard InChI is InChI=1S/C11H18N2OS/c1-3-11(4-2,8-12)13-10(14)9-6-5-7-15-9/h9H,3-7H2,1-2H3,(H,13,14). The lowest BCUT2D eigenvalue weighted by Gasteiger charge is -2.26. The van der Waals surface area contributed by atoms with Crippen molar-refractivity contribution in [2.24, 2.45) is 0 Å². The van der Waals surface area contributed by atoms with Gasteiger partial charge in [-0.2, -0.15) is 5.26 Å². The smallest absolute Gasteiger partial charge is 0.234 e. The van der Waals surface area contributed by atoms with Crippen LogP contribution >= 0.6 is 11.8 Å². The highest BCUT2D eigenvalue weighted by Gasteiger charge is 2.32. The molecule has 0 radical (unpaired) electrons. The molecule has 1 saturated heterocycles. The van der Waals surface area contributed by atoms with Crippen LogP contribution in [0.3, 0.4) is 0 Å². The molecule has 1 rings (SSSR count). The molecule has 0 aliphatic carbocycles. The summed E-state index contributed by atoms with van der Waals surface area (Å²) in [4.78, 5) is 11.9. The van der Waals surface area contributed by atoms with Crippen LogP contribution in [0, 0.1) is 11.3 Å². The van der Waals surface area contributed by atoms with Crippen LogP contribution in [-0.2, 0) is 4.79 Å². The molecule has 0 saturated carbocycles. The minimum atomic E-state index is -0.653. The first-order chi connectivity index (χ1) is 7.17. The van der Waals surface area contributed by atoms with Gasteiger partial charge >= 0.3 is 0 Å². The summed E-state index contributed by atoms with van der Waals surface area (Å²) in [6.45, 7) is 3.88. The van der Waals surface area contributed by atoms with Gasteiger partial charge in [-0.1, -0.05) is 13.8 Å². The fraction of sp³-hybridized carbons (Fsp3) is 0.818. The third-order valence-corrected chi connectivity index (χ3v) is 4.38. The zero-order valence-electron chi connectivity index (χ0n) is 9.38. The van der Waals surface area contributed by atoms with Crippen molar-refractivity contribution in [3.05, 3.63) is 0 Å². The van der Waals surface area contributed by atoms with Crippen LogP contribution in [0.15, 0.2) is 0 Å². The van der Waals surface area contributed by atoms with E-state index in [1.165, 1.54) is 0 Å². The molecular weight excluding hydrogens is 208 g/mol. The van der Waals surface area contributed by atoms with Gasteiger partial charge in [-0.3, -0.25) is 4.79 Å². The third-order valence-electron chi connectivity index (χ3n) is 3.01. The number of rotatable bonds is 4. The number of amides is 1. The highest BCUT2D eigenvalue weighted by Crippen LogP contribution is 2.27. The molecule has 1 aliphatic rings. The van der Waals surface area contributed by atoms with Gasteiger partial charge in [-0.25, -0.2) is 0 Å². The Hall–Kier alpha value is -0.690. The Bertz CT molecular complexity index is 262. The van der Waals surface area contributed by atoms with Gasteiger partial charge in [0.25, 0.3) is 0 Å². The Morgan fingerprint density at radius 1 is 1.60 bits per heavy atom. The molecule has 1 unspecified atom stereocenters. The molecule has 1 atom stereocenters. The molecule has 0 aromatic carbocycles. The highest BCUT2D eigenvalue weighted by molar-refractivity contribution is 8.00. The van der Waals surface area contributed by atoms with Crippen LogP contribution in [0.4, 0.5) is 0 Å². The molecule has 0 aromatic rings. The van der Waals surface area contributed by atoms with Crippen LogP contribution in [0.5, 0.6) is 0 Å². The number of hydrogen-bond donors (Lipinski definition) is 1. The summed E-state index contributed by atoms with van der Waals surface area (Å²) in [7, 11) is 0. The first-order valence-corrected chi connectivity index (χ1v) is 6.57. The molecule has 4 heteroatoms. The molecule has 1 heterocycles. The Morgan fingerprint density at radius 2 is 2.27 bits per heavy atom. The summed E-state index contributed by atoms with van der Waals surface area (Å²) in [5.41, 5.74) is -0.653. The molecule has 1 amide bonds. The second kappa shape index (κ2) is 5.41. The maximum atomic E-state index is 11.9. The van der Waals surface area contributed by atoms with Crippen LogP contribution in [0.2, 0.25) is 0 Å². The molecule has 0 aromatic heterocycles. The van der Waals surface area contributed by atoms with E-state index in [2.05, 4.69) is 11.4 Å². The van der Waals surface area contributed by atoms with E-state index < -0.39 is 5.54 Å². The number of nitrogens with one attached hydrogen (secondary N) is 1. The summed E-state index contributed by atoms with van der Waals surface area (Å²) in [6, 6.07) is 2.23. The topological polar surface area (TPSA) is 52.9 Å². The number of carbonyl (C=O) groups is 1. The van der Waals surface area contributed by atoms with Crippen molar-refractivity contribution in [3.8, 4) is 6.07 Å².